The van der Waals surface area contributed by atoms with Crippen molar-refractivity contribution >= 4 is 9.84 Å². The summed E-state index contributed by atoms with van der Waals surface area (Å²) in [5, 5.41) is 0. The highest BCUT2D eigenvalue weighted by Crippen LogP contribution is 2.21. The molecule has 84 valence electrons. The zero-order chi connectivity index (χ0) is 11.8. The van der Waals surface area contributed by atoms with Gasteiger partial charge in [-0.05, 0) is 36.8 Å². The minimum Gasteiger partial charge on any atom is -0.323 e. The van der Waals surface area contributed by atoms with Crippen LogP contribution >= 0.6 is 0 Å². The highest BCUT2D eigenvalue weighted by atomic mass is 32.2. The lowest BCUT2D eigenvalue weighted by Gasteiger charge is -2.10. The molecule has 0 N–H and O–H groups in total. The summed E-state index contributed by atoms with van der Waals surface area (Å²) in [6.07, 6.45) is 4.90. The van der Waals surface area contributed by atoms with Gasteiger partial charge in [-0.2, -0.15) is 0 Å². The number of hydrogen-bond acceptors (Lipinski definition) is 2. The zero-order valence-corrected chi connectivity index (χ0v) is 10.0. The number of sulfone groups is 1. The fraction of sp³-hybridized carbons (Fsp3) is 0.167. The van der Waals surface area contributed by atoms with Crippen molar-refractivity contribution in [2.24, 2.45) is 0 Å². The molecule has 0 saturated heterocycles. The van der Waals surface area contributed by atoms with Crippen LogP contribution in [0.25, 0.3) is 5.69 Å². The maximum Gasteiger partial charge on any atom is 0.177 e. The predicted molar refractivity (Wildman–Crippen MR) is 63.6 cm³/mol. The standard InChI is InChI=1S/C12H13NO2S/c1-10-5-6-12(16(2,14)15)11(9-10)13-7-3-4-8-13/h3-9H,1-2H3. The van der Waals surface area contributed by atoms with Gasteiger partial charge in [0.05, 0.1) is 10.6 Å². The number of aryl methyl sites for hydroxylation is 1. The third kappa shape index (κ3) is 2.02. The predicted octanol–water partition coefficient (Wildman–Crippen LogP) is 2.19. The molecule has 4 heteroatoms. The number of rotatable bonds is 2. The van der Waals surface area contributed by atoms with E-state index in [1.807, 2.05) is 48.1 Å². The monoisotopic (exact) mass is 235 g/mol. The van der Waals surface area contributed by atoms with Gasteiger partial charge in [-0.15, -0.1) is 0 Å². The van der Waals surface area contributed by atoms with Gasteiger partial charge in [0.25, 0.3) is 0 Å². The van der Waals surface area contributed by atoms with Crippen LogP contribution in [-0.2, 0) is 9.84 Å². The van der Waals surface area contributed by atoms with Crippen molar-refractivity contribution in [1.29, 1.82) is 0 Å². The van der Waals surface area contributed by atoms with Crippen LogP contribution in [0.4, 0.5) is 0 Å². The summed E-state index contributed by atoms with van der Waals surface area (Å²) in [4.78, 5) is 0.356. The molecule has 0 bridgehead atoms. The van der Waals surface area contributed by atoms with Gasteiger partial charge in [0.15, 0.2) is 9.84 Å². The third-order valence-electron chi connectivity index (χ3n) is 2.40. The first-order chi connectivity index (χ1) is 7.48. The highest BCUT2D eigenvalue weighted by Gasteiger charge is 2.13. The Bertz CT molecular complexity index is 598. The quantitative estimate of drug-likeness (QED) is 0.800. The van der Waals surface area contributed by atoms with Crippen molar-refractivity contribution in [2.45, 2.75) is 11.8 Å². The molecule has 1 aromatic carbocycles. The Morgan fingerprint density at radius 1 is 1.12 bits per heavy atom. The maximum atomic E-state index is 11.6. The van der Waals surface area contributed by atoms with E-state index in [4.69, 9.17) is 0 Å². The van der Waals surface area contributed by atoms with E-state index in [0.29, 0.717) is 10.6 Å². The van der Waals surface area contributed by atoms with Gasteiger partial charge in [0.1, 0.15) is 0 Å². The second kappa shape index (κ2) is 3.79. The Morgan fingerprint density at radius 2 is 1.75 bits per heavy atom. The first-order valence-electron chi connectivity index (χ1n) is 4.92. The molecule has 2 aromatic rings. The zero-order valence-electron chi connectivity index (χ0n) is 9.21. The number of nitrogens with zero attached hydrogens (tertiary/aromatic N) is 1. The molecule has 1 heterocycles. The molecule has 1 aromatic heterocycles. The van der Waals surface area contributed by atoms with Crippen molar-refractivity contribution in [3.8, 4) is 5.69 Å². The minimum atomic E-state index is -3.20. The molecule has 0 aliphatic heterocycles. The van der Waals surface area contributed by atoms with E-state index >= 15 is 0 Å². The normalized spacial score (nSPS) is 11.6. The summed E-state index contributed by atoms with van der Waals surface area (Å²) in [5.41, 5.74) is 1.74. The molecule has 0 fully saturated rings. The smallest absolute Gasteiger partial charge is 0.177 e. The number of benzene rings is 1. The minimum absolute atomic E-state index is 0.356. The molecule has 0 spiro atoms. The van der Waals surface area contributed by atoms with Crippen LogP contribution in [-0.4, -0.2) is 19.2 Å². The van der Waals surface area contributed by atoms with Crippen molar-refractivity contribution in [3.63, 3.8) is 0 Å². The third-order valence-corrected chi connectivity index (χ3v) is 3.54. The van der Waals surface area contributed by atoms with E-state index < -0.39 is 9.84 Å². The summed E-state index contributed by atoms with van der Waals surface area (Å²) in [6.45, 7) is 1.94. The summed E-state index contributed by atoms with van der Waals surface area (Å²) in [6, 6.07) is 9.07. The topological polar surface area (TPSA) is 39.1 Å². The second-order valence-electron chi connectivity index (χ2n) is 3.83. The summed E-state index contributed by atoms with van der Waals surface area (Å²) >= 11 is 0. The van der Waals surface area contributed by atoms with Crippen molar-refractivity contribution < 1.29 is 8.42 Å². The summed E-state index contributed by atoms with van der Waals surface area (Å²) in [5.74, 6) is 0. The van der Waals surface area contributed by atoms with Crippen LogP contribution in [0.5, 0.6) is 0 Å². The lowest BCUT2D eigenvalue weighted by Crippen LogP contribution is -2.04. The average molecular weight is 235 g/mol. The Hall–Kier alpha value is -1.55. The Kier molecular flexibility index (Phi) is 2.59. The molecule has 0 unspecified atom stereocenters. The molecule has 0 saturated carbocycles. The Morgan fingerprint density at radius 3 is 2.31 bits per heavy atom. The van der Waals surface area contributed by atoms with E-state index in [2.05, 4.69) is 0 Å². The molecule has 0 atom stereocenters. The Labute approximate surface area is 95.3 Å². The summed E-state index contributed by atoms with van der Waals surface area (Å²) < 4.78 is 25.1. The van der Waals surface area contributed by atoms with Gasteiger partial charge >= 0.3 is 0 Å². The van der Waals surface area contributed by atoms with Crippen LogP contribution in [0.2, 0.25) is 0 Å². The van der Waals surface area contributed by atoms with Crippen LogP contribution < -0.4 is 0 Å². The average Bonchev–Trinajstić information content (AvgIpc) is 2.68. The van der Waals surface area contributed by atoms with E-state index in [1.165, 1.54) is 6.26 Å². The fourth-order valence-electron chi connectivity index (χ4n) is 1.64. The van der Waals surface area contributed by atoms with E-state index in [9.17, 15) is 8.42 Å². The van der Waals surface area contributed by atoms with E-state index in [-0.39, 0.29) is 0 Å². The lowest BCUT2D eigenvalue weighted by atomic mass is 10.2. The van der Waals surface area contributed by atoms with Crippen molar-refractivity contribution in [3.05, 3.63) is 48.3 Å². The highest BCUT2D eigenvalue weighted by molar-refractivity contribution is 7.90. The van der Waals surface area contributed by atoms with E-state index in [1.54, 1.807) is 6.07 Å². The molecule has 0 radical (unpaired) electrons. The first-order valence-corrected chi connectivity index (χ1v) is 6.82. The van der Waals surface area contributed by atoms with Gasteiger partial charge in [0.2, 0.25) is 0 Å². The molecule has 2 rings (SSSR count). The van der Waals surface area contributed by atoms with Crippen LogP contribution in [0.1, 0.15) is 5.56 Å². The van der Waals surface area contributed by atoms with E-state index in [0.717, 1.165) is 5.56 Å². The SMILES string of the molecule is Cc1ccc(S(C)(=O)=O)c(-n2cccc2)c1. The second-order valence-corrected chi connectivity index (χ2v) is 5.82. The molecular formula is C12H13NO2S. The van der Waals surface area contributed by atoms with Gasteiger partial charge in [-0.3, -0.25) is 0 Å². The van der Waals surface area contributed by atoms with Gasteiger partial charge in [-0.25, -0.2) is 8.42 Å². The van der Waals surface area contributed by atoms with Crippen molar-refractivity contribution in [2.75, 3.05) is 6.26 Å². The largest absolute Gasteiger partial charge is 0.323 e. The van der Waals surface area contributed by atoms with Crippen LogP contribution in [0.15, 0.2) is 47.6 Å². The maximum absolute atomic E-state index is 11.6. The molecule has 0 aliphatic carbocycles. The molecule has 3 nitrogen and oxygen atoms in total. The van der Waals surface area contributed by atoms with Crippen LogP contribution in [0, 0.1) is 6.92 Å². The van der Waals surface area contributed by atoms with Gasteiger partial charge in [-0.1, -0.05) is 6.07 Å². The number of aromatic nitrogens is 1. The summed E-state index contributed by atoms with van der Waals surface area (Å²) in [7, 11) is -3.20. The van der Waals surface area contributed by atoms with Crippen LogP contribution in [0.3, 0.4) is 0 Å². The Balaban J connectivity index is 2.73. The van der Waals surface area contributed by atoms with Gasteiger partial charge in [0, 0.05) is 18.6 Å². The van der Waals surface area contributed by atoms with Crippen molar-refractivity contribution in [1.82, 2.24) is 4.57 Å². The molecular weight excluding hydrogens is 222 g/mol. The lowest BCUT2D eigenvalue weighted by molar-refractivity contribution is 0.601. The van der Waals surface area contributed by atoms with Gasteiger partial charge < -0.3 is 4.57 Å². The molecule has 16 heavy (non-hydrogen) atoms. The molecule has 0 aliphatic rings. The number of hydrogen-bond donors (Lipinski definition) is 0. The fourth-order valence-corrected chi connectivity index (χ4v) is 2.50. The molecule has 0 amide bonds. The first kappa shape index (κ1) is 11.0.